The number of methoxy groups -OCH3 is 1. The van der Waals surface area contributed by atoms with Crippen molar-refractivity contribution in [1.29, 1.82) is 0 Å². The van der Waals surface area contributed by atoms with Gasteiger partial charge in [0.05, 0.1) is 23.4 Å². The molecule has 0 bridgehead atoms. The largest absolute Gasteiger partial charge is 0.496 e. The van der Waals surface area contributed by atoms with Gasteiger partial charge in [0.1, 0.15) is 5.75 Å². The third-order valence-corrected chi connectivity index (χ3v) is 6.35. The maximum absolute atomic E-state index is 12.8. The van der Waals surface area contributed by atoms with Crippen molar-refractivity contribution >= 4 is 23.2 Å². The van der Waals surface area contributed by atoms with Crippen LogP contribution in [0, 0.1) is 0 Å². The number of piperidine rings is 1. The van der Waals surface area contributed by atoms with Crippen molar-refractivity contribution in [3.05, 3.63) is 58.6 Å². The summed E-state index contributed by atoms with van der Waals surface area (Å²) in [6, 6.07) is 14.6. The van der Waals surface area contributed by atoms with Crippen molar-refractivity contribution in [2.45, 2.75) is 37.3 Å². The molecule has 3 N–H and O–H groups in total. The Hall–Kier alpha value is -2.24. The van der Waals surface area contributed by atoms with Gasteiger partial charge in [-0.1, -0.05) is 41.9 Å². The summed E-state index contributed by atoms with van der Waals surface area (Å²) in [4.78, 5) is 15.4. The average molecular weight is 400 g/mol. The Morgan fingerprint density at radius 2 is 2.04 bits per heavy atom. The van der Waals surface area contributed by atoms with Gasteiger partial charge in [0.2, 0.25) is 0 Å². The zero-order chi connectivity index (χ0) is 19.7. The van der Waals surface area contributed by atoms with E-state index in [9.17, 15) is 4.79 Å². The molecule has 148 valence electrons. The number of fused-ring (bicyclic) bond motifs is 1. The van der Waals surface area contributed by atoms with E-state index >= 15 is 0 Å². The first kappa shape index (κ1) is 19.1. The molecule has 5 nitrogen and oxygen atoms in total. The summed E-state index contributed by atoms with van der Waals surface area (Å²) in [5.41, 5.74) is 8.07. The van der Waals surface area contributed by atoms with E-state index < -0.39 is 0 Å². The van der Waals surface area contributed by atoms with Crippen LogP contribution in [0.15, 0.2) is 42.5 Å². The number of hydrogen-bond acceptors (Lipinski definition) is 4. The number of amides is 1. The number of nitrogen functional groups attached to an aromatic ring is 1. The molecule has 6 heteroatoms. The third kappa shape index (κ3) is 3.82. The summed E-state index contributed by atoms with van der Waals surface area (Å²) in [7, 11) is 1.53. The van der Waals surface area contributed by atoms with Crippen LogP contribution in [0.25, 0.3) is 0 Å². The van der Waals surface area contributed by atoms with Gasteiger partial charge in [0.15, 0.2) is 0 Å². The second-order valence-electron chi connectivity index (χ2n) is 7.76. The first-order chi connectivity index (χ1) is 13.5. The van der Waals surface area contributed by atoms with Gasteiger partial charge in [-0.25, -0.2) is 0 Å². The Kier molecular flexibility index (Phi) is 5.47. The fraction of sp³-hybridized carbons (Fsp3) is 0.409. The van der Waals surface area contributed by atoms with Crippen LogP contribution in [-0.4, -0.2) is 43.1 Å². The van der Waals surface area contributed by atoms with Crippen LogP contribution in [0.4, 0.5) is 5.69 Å². The lowest BCUT2D eigenvalue weighted by atomic mass is 9.92. The van der Waals surface area contributed by atoms with E-state index in [1.54, 1.807) is 12.1 Å². The molecule has 2 aromatic rings. The van der Waals surface area contributed by atoms with Gasteiger partial charge in [-0.3, -0.25) is 9.69 Å². The number of carbonyl (C=O) groups is 1. The van der Waals surface area contributed by atoms with Gasteiger partial charge in [0, 0.05) is 31.2 Å². The zero-order valence-corrected chi connectivity index (χ0v) is 16.8. The topological polar surface area (TPSA) is 67.6 Å². The average Bonchev–Trinajstić information content (AvgIpc) is 3.13. The monoisotopic (exact) mass is 399 g/mol. The van der Waals surface area contributed by atoms with Crippen LogP contribution < -0.4 is 15.8 Å². The summed E-state index contributed by atoms with van der Waals surface area (Å²) < 4.78 is 5.32. The molecule has 2 aromatic carbocycles. The highest BCUT2D eigenvalue weighted by molar-refractivity contribution is 6.33. The number of halogens is 1. The molecule has 3 atom stereocenters. The number of hydrogen-bond donors (Lipinski definition) is 2. The highest BCUT2D eigenvalue weighted by Gasteiger charge is 2.37. The summed E-state index contributed by atoms with van der Waals surface area (Å²) in [6.45, 7) is 2.12. The molecule has 2 aliphatic rings. The molecular weight excluding hydrogens is 374 g/mol. The number of carbonyl (C=O) groups excluding carboxylic acids is 1. The minimum Gasteiger partial charge on any atom is -0.496 e. The van der Waals surface area contributed by atoms with Crippen molar-refractivity contribution in [2.24, 2.45) is 0 Å². The SMILES string of the molecule is COc1cc(N)c(Cl)cc1C(=O)NC1CCN2C[C@@H](c3ccccc3)CC2C1. The van der Waals surface area contributed by atoms with E-state index in [4.69, 9.17) is 22.1 Å². The van der Waals surface area contributed by atoms with Crippen LogP contribution in [0.5, 0.6) is 5.75 Å². The van der Waals surface area contributed by atoms with E-state index in [0.29, 0.717) is 34.0 Å². The van der Waals surface area contributed by atoms with Crippen LogP contribution in [0.3, 0.4) is 0 Å². The third-order valence-electron chi connectivity index (χ3n) is 6.02. The molecule has 0 radical (unpaired) electrons. The second-order valence-corrected chi connectivity index (χ2v) is 8.17. The number of nitrogens with one attached hydrogen (secondary N) is 1. The first-order valence-corrected chi connectivity index (χ1v) is 10.2. The Morgan fingerprint density at radius 1 is 1.25 bits per heavy atom. The maximum atomic E-state index is 12.8. The molecule has 2 unspecified atom stereocenters. The Bertz CT molecular complexity index is 858. The van der Waals surface area contributed by atoms with Gasteiger partial charge in [-0.2, -0.15) is 0 Å². The van der Waals surface area contributed by atoms with Crippen molar-refractivity contribution < 1.29 is 9.53 Å². The summed E-state index contributed by atoms with van der Waals surface area (Å²) in [5.74, 6) is 0.869. The normalized spacial score (nSPS) is 24.6. The van der Waals surface area contributed by atoms with E-state index in [2.05, 4.69) is 40.5 Å². The maximum Gasteiger partial charge on any atom is 0.255 e. The lowest BCUT2D eigenvalue weighted by Crippen LogP contribution is -2.47. The number of nitrogens with zero attached hydrogens (tertiary/aromatic N) is 1. The number of benzene rings is 2. The summed E-state index contributed by atoms with van der Waals surface area (Å²) in [5, 5.41) is 3.54. The molecule has 1 amide bonds. The van der Waals surface area contributed by atoms with Gasteiger partial charge >= 0.3 is 0 Å². The predicted octanol–water partition coefficient (Wildman–Crippen LogP) is 3.68. The van der Waals surface area contributed by atoms with Gasteiger partial charge in [-0.15, -0.1) is 0 Å². The molecule has 0 spiro atoms. The Balaban J connectivity index is 1.41. The van der Waals surface area contributed by atoms with Crippen LogP contribution in [-0.2, 0) is 0 Å². The lowest BCUT2D eigenvalue weighted by molar-refractivity contribution is 0.0893. The standard InChI is InChI=1S/C22H26ClN3O2/c1-28-21-12-20(24)19(23)11-18(21)22(27)25-16-7-8-26-13-15(9-17(26)10-16)14-5-3-2-4-6-14/h2-6,11-12,15-17H,7-10,13,24H2,1H3,(H,25,27)/t15-,16?,17?/m0/s1. The second kappa shape index (κ2) is 8.02. The quantitative estimate of drug-likeness (QED) is 0.769. The van der Waals surface area contributed by atoms with Gasteiger partial charge in [0.25, 0.3) is 5.91 Å². The summed E-state index contributed by atoms with van der Waals surface area (Å²) in [6.07, 6.45) is 3.07. The number of anilines is 1. The molecule has 0 aliphatic carbocycles. The summed E-state index contributed by atoms with van der Waals surface area (Å²) >= 11 is 6.11. The van der Waals surface area contributed by atoms with E-state index in [-0.39, 0.29) is 11.9 Å². The molecule has 2 fully saturated rings. The fourth-order valence-electron chi connectivity index (χ4n) is 4.55. The molecular formula is C22H26ClN3O2. The fourth-order valence-corrected chi connectivity index (χ4v) is 4.71. The highest BCUT2D eigenvalue weighted by atomic mass is 35.5. The zero-order valence-electron chi connectivity index (χ0n) is 16.0. The Labute approximate surface area is 170 Å². The highest BCUT2D eigenvalue weighted by Crippen LogP contribution is 2.36. The number of ether oxygens (including phenoxy) is 1. The molecule has 2 saturated heterocycles. The van der Waals surface area contributed by atoms with Gasteiger partial charge in [-0.05, 0) is 36.8 Å². The predicted molar refractivity (Wildman–Crippen MR) is 112 cm³/mol. The van der Waals surface area contributed by atoms with Crippen molar-refractivity contribution in [3.8, 4) is 5.75 Å². The molecule has 2 heterocycles. The minimum absolute atomic E-state index is 0.157. The number of rotatable bonds is 4. The lowest BCUT2D eigenvalue weighted by Gasteiger charge is -2.35. The number of nitrogens with two attached hydrogens (primary N) is 1. The van der Waals surface area contributed by atoms with Crippen molar-refractivity contribution in [2.75, 3.05) is 25.9 Å². The molecule has 28 heavy (non-hydrogen) atoms. The molecule has 2 aliphatic heterocycles. The Morgan fingerprint density at radius 3 is 2.79 bits per heavy atom. The molecule has 4 rings (SSSR count). The van der Waals surface area contributed by atoms with Crippen LogP contribution in [0.2, 0.25) is 5.02 Å². The van der Waals surface area contributed by atoms with E-state index in [1.165, 1.54) is 12.7 Å². The molecule has 0 saturated carbocycles. The van der Waals surface area contributed by atoms with Gasteiger partial charge < -0.3 is 15.8 Å². The van der Waals surface area contributed by atoms with Crippen LogP contribution >= 0.6 is 11.6 Å². The van der Waals surface area contributed by atoms with E-state index in [1.807, 2.05) is 0 Å². The van der Waals surface area contributed by atoms with E-state index in [0.717, 1.165) is 32.4 Å². The molecule has 0 aromatic heterocycles. The van der Waals surface area contributed by atoms with Crippen molar-refractivity contribution in [3.63, 3.8) is 0 Å². The first-order valence-electron chi connectivity index (χ1n) is 9.78. The minimum atomic E-state index is -0.158. The van der Waals surface area contributed by atoms with Crippen molar-refractivity contribution in [1.82, 2.24) is 10.2 Å². The van der Waals surface area contributed by atoms with Crippen LogP contribution in [0.1, 0.15) is 41.1 Å². The smallest absolute Gasteiger partial charge is 0.255 e.